The topological polar surface area (TPSA) is 81.4 Å². The van der Waals surface area contributed by atoms with Gasteiger partial charge in [-0.05, 0) is 32.0 Å². The molecular weight excluding hydrogens is 404 g/mol. The van der Waals surface area contributed by atoms with E-state index in [1.54, 1.807) is 21.3 Å². The molecule has 1 fully saturated rings. The second-order valence-electron chi connectivity index (χ2n) is 7.53. The molecule has 162 valence electrons. The second-order valence-corrected chi connectivity index (χ2v) is 8.54. The average Bonchev–Trinajstić information content (AvgIpc) is 3.37. The van der Waals surface area contributed by atoms with Crippen molar-refractivity contribution in [2.75, 3.05) is 28.4 Å². The first-order valence-electron chi connectivity index (χ1n) is 10.1. The summed E-state index contributed by atoms with van der Waals surface area (Å²) in [4.78, 5) is 8.05. The minimum atomic E-state index is -0.239. The van der Waals surface area contributed by atoms with Crippen LogP contribution in [0.25, 0.3) is 4.96 Å². The maximum absolute atomic E-state index is 11.0. The summed E-state index contributed by atoms with van der Waals surface area (Å²) in [5.41, 5.74) is 0.906. The van der Waals surface area contributed by atoms with Gasteiger partial charge in [-0.15, -0.1) is 0 Å². The molecule has 1 N–H and O–H groups in total. The number of fused-ring (bicyclic) bond motifs is 1. The Morgan fingerprint density at radius 3 is 2.47 bits per heavy atom. The van der Waals surface area contributed by atoms with Gasteiger partial charge >= 0.3 is 0 Å². The van der Waals surface area contributed by atoms with E-state index in [4.69, 9.17) is 14.2 Å². The van der Waals surface area contributed by atoms with E-state index in [2.05, 4.69) is 22.0 Å². The van der Waals surface area contributed by atoms with Crippen molar-refractivity contribution in [1.82, 2.24) is 19.5 Å². The second kappa shape index (κ2) is 8.69. The molecule has 8 nitrogen and oxygen atoms in total. The van der Waals surface area contributed by atoms with Gasteiger partial charge in [-0.3, -0.25) is 4.90 Å². The highest BCUT2D eigenvalue weighted by atomic mass is 32.1. The number of hydrogen-bond acceptors (Lipinski definition) is 8. The highest BCUT2D eigenvalue weighted by Crippen LogP contribution is 2.49. The Morgan fingerprint density at radius 2 is 1.83 bits per heavy atom. The summed E-state index contributed by atoms with van der Waals surface area (Å²) in [6.45, 7) is 0. The molecule has 9 heteroatoms. The SMILES string of the molecule is COc1ccc(C(c2sc3ncnn3c2O)N(C)C2CCCCC2)c(OC)c1OC. The van der Waals surface area contributed by atoms with Crippen molar-refractivity contribution in [3.05, 3.63) is 28.9 Å². The molecule has 1 aliphatic carbocycles. The van der Waals surface area contributed by atoms with Crippen molar-refractivity contribution < 1.29 is 19.3 Å². The smallest absolute Gasteiger partial charge is 0.230 e. The molecule has 1 saturated carbocycles. The Labute approximate surface area is 180 Å². The molecule has 3 aromatic rings. The number of thiazole rings is 1. The average molecular weight is 433 g/mol. The number of aromatic hydroxyl groups is 1. The van der Waals surface area contributed by atoms with Crippen LogP contribution in [0.5, 0.6) is 23.1 Å². The Bertz CT molecular complexity index is 1010. The fraction of sp³-hybridized carbons (Fsp3) is 0.524. The maximum Gasteiger partial charge on any atom is 0.230 e. The lowest BCUT2D eigenvalue weighted by molar-refractivity contribution is 0.154. The standard InChI is InChI=1S/C21H28N4O4S/c1-24(13-8-6-5-7-9-13)16(19-20(26)25-21(30-19)22-12-23-25)14-10-11-15(27-2)18(29-4)17(14)28-3/h10-13,16,26H,5-9H2,1-4H3. The third-order valence-electron chi connectivity index (χ3n) is 5.97. The number of ether oxygens (including phenoxy) is 3. The first kappa shape index (κ1) is 20.7. The van der Waals surface area contributed by atoms with Gasteiger partial charge in [0, 0.05) is 11.6 Å². The zero-order valence-electron chi connectivity index (χ0n) is 17.8. The Morgan fingerprint density at radius 1 is 1.10 bits per heavy atom. The normalized spacial score (nSPS) is 16.2. The van der Waals surface area contributed by atoms with Crippen LogP contribution in [-0.2, 0) is 0 Å². The Hall–Kier alpha value is -2.52. The van der Waals surface area contributed by atoms with E-state index in [0.717, 1.165) is 23.3 Å². The predicted molar refractivity (Wildman–Crippen MR) is 115 cm³/mol. The van der Waals surface area contributed by atoms with Gasteiger partial charge in [0.05, 0.1) is 32.2 Å². The third kappa shape index (κ3) is 3.45. The van der Waals surface area contributed by atoms with E-state index in [-0.39, 0.29) is 11.9 Å². The number of methoxy groups -OCH3 is 3. The molecular formula is C21H28N4O4S. The van der Waals surface area contributed by atoms with E-state index in [9.17, 15) is 5.11 Å². The van der Waals surface area contributed by atoms with Crippen LogP contribution >= 0.6 is 11.3 Å². The molecule has 1 aliphatic rings. The summed E-state index contributed by atoms with van der Waals surface area (Å²) >= 11 is 1.44. The van der Waals surface area contributed by atoms with Crippen LogP contribution in [0.4, 0.5) is 0 Å². The Kier molecular flexibility index (Phi) is 6.01. The van der Waals surface area contributed by atoms with Gasteiger partial charge in [-0.1, -0.05) is 30.6 Å². The van der Waals surface area contributed by atoms with Crippen LogP contribution in [0.15, 0.2) is 18.5 Å². The van der Waals surface area contributed by atoms with E-state index in [1.807, 2.05) is 12.1 Å². The van der Waals surface area contributed by atoms with E-state index in [0.29, 0.717) is 28.3 Å². The molecule has 0 saturated heterocycles. The lowest BCUT2D eigenvalue weighted by atomic mass is 9.91. The first-order chi connectivity index (χ1) is 14.6. The molecule has 0 aliphatic heterocycles. The summed E-state index contributed by atoms with van der Waals surface area (Å²) in [6.07, 6.45) is 7.41. The zero-order valence-corrected chi connectivity index (χ0v) is 18.6. The van der Waals surface area contributed by atoms with Gasteiger partial charge in [0.15, 0.2) is 11.5 Å². The molecule has 0 bridgehead atoms. The van der Waals surface area contributed by atoms with Crippen molar-refractivity contribution in [1.29, 1.82) is 0 Å². The van der Waals surface area contributed by atoms with Crippen LogP contribution in [-0.4, -0.2) is 59.0 Å². The molecule has 30 heavy (non-hydrogen) atoms. The lowest BCUT2D eigenvalue weighted by Crippen LogP contribution is -2.37. The zero-order chi connectivity index (χ0) is 21.3. The molecule has 2 heterocycles. The van der Waals surface area contributed by atoms with Crippen molar-refractivity contribution in [3.8, 4) is 23.1 Å². The van der Waals surface area contributed by atoms with Gasteiger partial charge in [0.1, 0.15) is 6.33 Å². The lowest BCUT2D eigenvalue weighted by Gasteiger charge is -2.37. The molecule has 1 aromatic carbocycles. The van der Waals surface area contributed by atoms with Gasteiger partial charge in [0.25, 0.3) is 0 Å². The van der Waals surface area contributed by atoms with Crippen LogP contribution in [0.2, 0.25) is 0 Å². The van der Waals surface area contributed by atoms with E-state index < -0.39 is 0 Å². The first-order valence-corrected chi connectivity index (χ1v) is 10.9. The van der Waals surface area contributed by atoms with Gasteiger partial charge < -0.3 is 19.3 Å². The molecule has 0 radical (unpaired) electrons. The molecule has 1 unspecified atom stereocenters. The van der Waals surface area contributed by atoms with Gasteiger partial charge in [-0.2, -0.15) is 9.61 Å². The number of aromatic nitrogens is 3. The van der Waals surface area contributed by atoms with Crippen molar-refractivity contribution in [3.63, 3.8) is 0 Å². The fourth-order valence-corrected chi connectivity index (χ4v) is 5.56. The van der Waals surface area contributed by atoms with Crippen LogP contribution < -0.4 is 14.2 Å². The van der Waals surface area contributed by atoms with Gasteiger partial charge in [-0.25, -0.2) is 4.98 Å². The highest BCUT2D eigenvalue weighted by molar-refractivity contribution is 7.17. The van der Waals surface area contributed by atoms with Crippen LogP contribution in [0.3, 0.4) is 0 Å². The van der Waals surface area contributed by atoms with Crippen LogP contribution in [0, 0.1) is 0 Å². The number of rotatable bonds is 7. The minimum Gasteiger partial charge on any atom is -0.493 e. The van der Waals surface area contributed by atoms with Crippen molar-refractivity contribution in [2.24, 2.45) is 0 Å². The fourth-order valence-electron chi connectivity index (χ4n) is 4.46. The maximum atomic E-state index is 11.0. The van der Waals surface area contributed by atoms with Gasteiger partial charge in [0.2, 0.25) is 16.6 Å². The Balaban J connectivity index is 1.89. The summed E-state index contributed by atoms with van der Waals surface area (Å²) in [6, 6.07) is 4.03. The molecule has 1 atom stereocenters. The number of benzene rings is 1. The molecule has 0 amide bonds. The van der Waals surface area contributed by atoms with Crippen molar-refractivity contribution >= 4 is 16.3 Å². The van der Waals surface area contributed by atoms with E-state index >= 15 is 0 Å². The monoisotopic (exact) mass is 432 g/mol. The summed E-state index contributed by atoms with van der Waals surface area (Å²) in [5, 5.41) is 15.2. The number of hydrogen-bond donors (Lipinski definition) is 1. The molecule has 4 rings (SSSR count). The number of nitrogens with zero attached hydrogens (tertiary/aromatic N) is 4. The largest absolute Gasteiger partial charge is 0.493 e. The summed E-state index contributed by atoms with van der Waals surface area (Å²) < 4.78 is 18.4. The highest BCUT2D eigenvalue weighted by Gasteiger charge is 2.35. The molecule has 2 aromatic heterocycles. The summed E-state index contributed by atoms with van der Waals surface area (Å²) in [7, 11) is 6.95. The van der Waals surface area contributed by atoms with E-state index in [1.165, 1.54) is 41.4 Å². The van der Waals surface area contributed by atoms with Crippen LogP contribution in [0.1, 0.15) is 48.6 Å². The predicted octanol–water partition coefficient (Wildman–Crippen LogP) is 3.88. The third-order valence-corrected chi connectivity index (χ3v) is 7.06. The quantitative estimate of drug-likeness (QED) is 0.607. The summed E-state index contributed by atoms with van der Waals surface area (Å²) in [5.74, 6) is 1.85. The molecule has 0 spiro atoms. The van der Waals surface area contributed by atoms with Crippen molar-refractivity contribution in [2.45, 2.75) is 44.2 Å². The minimum absolute atomic E-state index is 0.108.